The van der Waals surface area contributed by atoms with Crippen molar-refractivity contribution in [2.24, 2.45) is 0 Å². The van der Waals surface area contributed by atoms with Crippen molar-refractivity contribution in [2.75, 3.05) is 25.0 Å². The highest BCUT2D eigenvalue weighted by atomic mass is 35.5. The van der Waals surface area contributed by atoms with Gasteiger partial charge in [0, 0.05) is 35.9 Å². The first kappa shape index (κ1) is 22.9. The molecule has 1 aliphatic rings. The Hall–Kier alpha value is -0.410. The summed E-state index contributed by atoms with van der Waals surface area (Å²) in [7, 11) is 0. The van der Waals surface area contributed by atoms with Crippen LogP contribution in [0.1, 0.15) is 68.9 Å². The molecule has 27 heavy (non-hydrogen) atoms. The predicted molar refractivity (Wildman–Crippen MR) is 117 cm³/mol. The third kappa shape index (κ3) is 7.49. The number of hydrogen-bond acceptors (Lipinski definition) is 2. The summed E-state index contributed by atoms with van der Waals surface area (Å²) in [5.41, 5.74) is 2.05. The molecule has 1 aliphatic carbocycles. The van der Waals surface area contributed by atoms with E-state index in [1.807, 2.05) is 18.2 Å². The van der Waals surface area contributed by atoms with Crippen molar-refractivity contribution < 1.29 is 9.47 Å². The van der Waals surface area contributed by atoms with Gasteiger partial charge in [0.15, 0.2) is 5.06 Å². The van der Waals surface area contributed by atoms with Gasteiger partial charge in [-0.05, 0) is 31.8 Å². The smallest absolute Gasteiger partial charge is 0.171 e. The van der Waals surface area contributed by atoms with Crippen LogP contribution in [0.5, 0.6) is 0 Å². The second-order valence-corrected chi connectivity index (χ2v) is 8.32. The van der Waals surface area contributed by atoms with Crippen LogP contribution in [0.25, 0.3) is 5.76 Å². The van der Waals surface area contributed by atoms with Crippen LogP contribution in [0, 0.1) is 0 Å². The first-order chi connectivity index (χ1) is 13.2. The Morgan fingerprint density at radius 1 is 0.815 bits per heavy atom. The maximum Gasteiger partial charge on any atom is 0.171 e. The normalized spacial score (nSPS) is 18.9. The SMILES string of the molecule is ClCCCCCCOC1=CCC(Cl)(OCCCCCCCl)c2ccccc21. The molecular formula is C22H31Cl3O2. The van der Waals surface area contributed by atoms with E-state index >= 15 is 0 Å². The van der Waals surface area contributed by atoms with Crippen LogP contribution in [0.3, 0.4) is 0 Å². The zero-order valence-corrected chi connectivity index (χ0v) is 18.3. The van der Waals surface area contributed by atoms with Gasteiger partial charge in [0.05, 0.1) is 6.61 Å². The summed E-state index contributed by atoms with van der Waals surface area (Å²) in [5.74, 6) is 2.39. The summed E-state index contributed by atoms with van der Waals surface area (Å²) in [6.07, 6.45) is 11.4. The minimum absolute atomic E-state index is 0.620. The van der Waals surface area contributed by atoms with Gasteiger partial charge in [0.25, 0.3) is 0 Å². The number of benzene rings is 1. The topological polar surface area (TPSA) is 18.5 Å². The lowest BCUT2D eigenvalue weighted by atomic mass is 9.92. The lowest BCUT2D eigenvalue weighted by Crippen LogP contribution is -2.27. The van der Waals surface area contributed by atoms with Crippen LogP contribution >= 0.6 is 34.8 Å². The Balaban J connectivity index is 1.87. The number of hydrogen-bond donors (Lipinski definition) is 0. The minimum atomic E-state index is -0.795. The molecule has 1 atom stereocenters. The number of alkyl halides is 3. The predicted octanol–water partition coefficient (Wildman–Crippen LogP) is 7.45. The Bertz CT molecular complexity index is 576. The average Bonchev–Trinajstić information content (AvgIpc) is 2.69. The van der Waals surface area contributed by atoms with E-state index < -0.39 is 5.06 Å². The standard InChI is InChI=1S/C22H31Cl3O2/c23-15-7-1-3-9-17-26-21-13-14-22(25,20-12-6-5-11-19(20)21)27-18-10-4-2-8-16-24/h5-6,11-13H,1-4,7-10,14-18H2. The molecule has 0 N–H and O–H groups in total. The van der Waals surface area contributed by atoms with E-state index in [1.54, 1.807) is 0 Å². The highest BCUT2D eigenvalue weighted by Crippen LogP contribution is 2.43. The molecule has 1 aromatic carbocycles. The van der Waals surface area contributed by atoms with E-state index in [0.717, 1.165) is 86.6 Å². The van der Waals surface area contributed by atoms with E-state index in [-0.39, 0.29) is 0 Å². The number of halogens is 3. The molecule has 0 radical (unpaired) electrons. The minimum Gasteiger partial charge on any atom is -0.493 e. The third-order valence-corrected chi connectivity index (χ3v) is 5.79. The molecule has 0 aromatic heterocycles. The Labute approximate surface area is 179 Å². The zero-order valence-electron chi connectivity index (χ0n) is 16.0. The lowest BCUT2D eigenvalue weighted by molar-refractivity contribution is 0.0139. The van der Waals surface area contributed by atoms with Crippen LogP contribution in [0.4, 0.5) is 0 Å². The zero-order chi connectivity index (χ0) is 19.4. The van der Waals surface area contributed by atoms with Crippen molar-refractivity contribution in [3.05, 3.63) is 41.5 Å². The van der Waals surface area contributed by atoms with Crippen molar-refractivity contribution in [3.63, 3.8) is 0 Å². The molecule has 2 rings (SSSR count). The largest absolute Gasteiger partial charge is 0.493 e. The summed E-state index contributed by atoms with van der Waals surface area (Å²) in [4.78, 5) is 0. The van der Waals surface area contributed by atoms with Crippen LogP contribution in [-0.2, 0) is 14.5 Å². The molecule has 2 nitrogen and oxygen atoms in total. The fourth-order valence-corrected chi connectivity index (χ4v) is 3.95. The molecule has 5 heteroatoms. The highest BCUT2D eigenvalue weighted by molar-refractivity contribution is 6.23. The maximum absolute atomic E-state index is 6.87. The maximum atomic E-state index is 6.87. The van der Waals surface area contributed by atoms with Crippen molar-refractivity contribution >= 4 is 40.6 Å². The molecule has 0 amide bonds. The van der Waals surface area contributed by atoms with Gasteiger partial charge in [0.1, 0.15) is 5.76 Å². The van der Waals surface area contributed by atoms with Gasteiger partial charge in [-0.1, -0.05) is 61.5 Å². The fourth-order valence-electron chi connectivity index (χ4n) is 3.26. The van der Waals surface area contributed by atoms with E-state index in [4.69, 9.17) is 44.3 Å². The lowest BCUT2D eigenvalue weighted by Gasteiger charge is -2.33. The van der Waals surface area contributed by atoms with Gasteiger partial charge in [0.2, 0.25) is 0 Å². The second kappa shape index (κ2) is 12.9. The quantitative estimate of drug-likeness (QED) is 0.224. The number of unbranched alkanes of at least 4 members (excludes halogenated alkanes) is 6. The van der Waals surface area contributed by atoms with Crippen LogP contribution in [0.2, 0.25) is 0 Å². The summed E-state index contributed by atoms with van der Waals surface area (Å²) in [6.45, 7) is 1.38. The molecule has 0 saturated heterocycles. The summed E-state index contributed by atoms with van der Waals surface area (Å²) < 4.78 is 12.2. The van der Waals surface area contributed by atoms with E-state index in [9.17, 15) is 0 Å². The monoisotopic (exact) mass is 432 g/mol. The molecular weight excluding hydrogens is 403 g/mol. The first-order valence-electron chi connectivity index (χ1n) is 10.1. The van der Waals surface area contributed by atoms with Gasteiger partial charge < -0.3 is 9.47 Å². The number of fused-ring (bicyclic) bond motifs is 1. The van der Waals surface area contributed by atoms with E-state index in [0.29, 0.717) is 13.0 Å². The molecule has 1 unspecified atom stereocenters. The van der Waals surface area contributed by atoms with Gasteiger partial charge >= 0.3 is 0 Å². The van der Waals surface area contributed by atoms with Crippen LogP contribution in [-0.4, -0.2) is 25.0 Å². The Kier molecular flexibility index (Phi) is 11.0. The highest BCUT2D eigenvalue weighted by Gasteiger charge is 2.36. The van der Waals surface area contributed by atoms with E-state index in [2.05, 4.69) is 12.1 Å². The number of ether oxygens (including phenoxy) is 2. The first-order valence-corrected chi connectivity index (χ1v) is 11.5. The fraction of sp³-hybridized carbons (Fsp3) is 0.636. The Morgan fingerprint density at radius 3 is 2.15 bits per heavy atom. The van der Waals surface area contributed by atoms with Crippen molar-refractivity contribution in [3.8, 4) is 0 Å². The van der Waals surface area contributed by atoms with Gasteiger partial charge in [-0.25, -0.2) is 0 Å². The van der Waals surface area contributed by atoms with Crippen molar-refractivity contribution in [1.82, 2.24) is 0 Å². The molecule has 0 fully saturated rings. The molecule has 152 valence electrons. The molecule has 1 aromatic rings. The summed E-state index contributed by atoms with van der Waals surface area (Å²) >= 11 is 18.3. The molecule has 0 spiro atoms. The van der Waals surface area contributed by atoms with Crippen molar-refractivity contribution in [2.45, 2.75) is 62.8 Å². The van der Waals surface area contributed by atoms with Crippen LogP contribution < -0.4 is 0 Å². The van der Waals surface area contributed by atoms with Crippen LogP contribution in [0.15, 0.2) is 30.3 Å². The summed E-state index contributed by atoms with van der Waals surface area (Å²) in [6, 6.07) is 8.14. The summed E-state index contributed by atoms with van der Waals surface area (Å²) in [5, 5.41) is -0.795. The average molecular weight is 434 g/mol. The third-order valence-electron chi connectivity index (χ3n) is 4.79. The van der Waals surface area contributed by atoms with E-state index in [1.165, 1.54) is 0 Å². The van der Waals surface area contributed by atoms with Gasteiger partial charge in [-0.3, -0.25) is 0 Å². The van der Waals surface area contributed by atoms with Gasteiger partial charge in [-0.2, -0.15) is 0 Å². The second-order valence-electron chi connectivity index (χ2n) is 6.95. The Morgan fingerprint density at radius 2 is 1.44 bits per heavy atom. The van der Waals surface area contributed by atoms with Gasteiger partial charge in [-0.15, -0.1) is 23.2 Å². The molecule has 0 saturated carbocycles. The molecule has 0 bridgehead atoms. The van der Waals surface area contributed by atoms with Crippen molar-refractivity contribution in [1.29, 1.82) is 0 Å². The number of rotatable bonds is 14. The molecule has 0 aliphatic heterocycles. The molecule has 0 heterocycles.